The van der Waals surface area contributed by atoms with Crippen LogP contribution in [0.1, 0.15) is 25.6 Å². The van der Waals surface area contributed by atoms with Crippen molar-refractivity contribution in [3.63, 3.8) is 0 Å². The molecule has 0 saturated heterocycles. The van der Waals surface area contributed by atoms with Gasteiger partial charge in [0.25, 0.3) is 0 Å². The van der Waals surface area contributed by atoms with Crippen molar-refractivity contribution >= 4 is 34.4 Å². The summed E-state index contributed by atoms with van der Waals surface area (Å²) < 4.78 is 29.1. The lowest BCUT2D eigenvalue weighted by Crippen LogP contribution is -2.07. The molecule has 1 N–H and O–H groups in total. The van der Waals surface area contributed by atoms with E-state index in [4.69, 9.17) is 4.55 Å². The Morgan fingerprint density at radius 3 is 2.18 bits per heavy atom. The van der Waals surface area contributed by atoms with Gasteiger partial charge in [-0.05, 0) is 12.5 Å². The van der Waals surface area contributed by atoms with E-state index in [-0.39, 0.29) is 20.2 Å². The maximum atomic E-state index is 11.5. The standard InChI is InChI=1S/C9H10O6S2/c1-4-5(7(10)14-2)9(17(12)13)16-6(4)8(11)15-3/h1-3H3,(H,12,13). The summed E-state index contributed by atoms with van der Waals surface area (Å²) in [6.45, 7) is 1.49. The fourth-order valence-electron chi connectivity index (χ4n) is 1.24. The van der Waals surface area contributed by atoms with Crippen molar-refractivity contribution in [3.8, 4) is 0 Å². The molecule has 8 heteroatoms. The number of esters is 2. The minimum atomic E-state index is -2.36. The third-order valence-corrected chi connectivity index (χ3v) is 4.30. The van der Waals surface area contributed by atoms with Gasteiger partial charge in [-0.2, -0.15) is 0 Å². The average molecular weight is 278 g/mol. The zero-order chi connectivity index (χ0) is 13.2. The van der Waals surface area contributed by atoms with Crippen LogP contribution >= 0.6 is 11.3 Å². The van der Waals surface area contributed by atoms with Gasteiger partial charge in [0, 0.05) is 0 Å². The van der Waals surface area contributed by atoms with Crippen LogP contribution < -0.4 is 0 Å². The molecule has 0 aromatic carbocycles. The number of rotatable bonds is 3. The van der Waals surface area contributed by atoms with Crippen LogP contribution in [0.5, 0.6) is 0 Å². The van der Waals surface area contributed by atoms with E-state index in [1.807, 2.05) is 0 Å². The molecule has 1 unspecified atom stereocenters. The van der Waals surface area contributed by atoms with Crippen molar-refractivity contribution in [2.24, 2.45) is 0 Å². The topological polar surface area (TPSA) is 89.9 Å². The van der Waals surface area contributed by atoms with E-state index in [0.717, 1.165) is 18.4 Å². The number of thiophene rings is 1. The second-order valence-electron chi connectivity index (χ2n) is 2.95. The number of hydrogen-bond acceptors (Lipinski definition) is 6. The Morgan fingerprint density at radius 2 is 1.76 bits per heavy atom. The van der Waals surface area contributed by atoms with E-state index in [9.17, 15) is 13.8 Å². The summed E-state index contributed by atoms with van der Waals surface area (Å²) in [6.07, 6.45) is 0. The molecule has 0 aliphatic carbocycles. The first-order valence-corrected chi connectivity index (χ1v) is 6.27. The van der Waals surface area contributed by atoms with Crippen LogP contribution in [0.2, 0.25) is 0 Å². The van der Waals surface area contributed by atoms with Gasteiger partial charge in [0.1, 0.15) is 9.09 Å². The monoisotopic (exact) mass is 278 g/mol. The van der Waals surface area contributed by atoms with Crippen molar-refractivity contribution in [1.82, 2.24) is 0 Å². The van der Waals surface area contributed by atoms with Crippen molar-refractivity contribution in [2.45, 2.75) is 11.1 Å². The highest BCUT2D eigenvalue weighted by Gasteiger charge is 2.28. The lowest BCUT2D eigenvalue weighted by molar-refractivity contribution is 0.0596. The summed E-state index contributed by atoms with van der Waals surface area (Å²) in [4.78, 5) is 23.0. The van der Waals surface area contributed by atoms with Gasteiger partial charge in [0.2, 0.25) is 0 Å². The zero-order valence-corrected chi connectivity index (χ0v) is 10.9. The highest BCUT2D eigenvalue weighted by atomic mass is 32.2. The summed E-state index contributed by atoms with van der Waals surface area (Å²) in [6, 6.07) is 0. The summed E-state index contributed by atoms with van der Waals surface area (Å²) in [5.41, 5.74) is 0.227. The Morgan fingerprint density at radius 1 is 1.24 bits per heavy atom. The molecule has 1 aromatic heterocycles. The van der Waals surface area contributed by atoms with Gasteiger partial charge in [-0.3, -0.25) is 0 Å². The summed E-state index contributed by atoms with van der Waals surface area (Å²) in [7, 11) is 2.34. The van der Waals surface area contributed by atoms with Crippen molar-refractivity contribution in [2.75, 3.05) is 14.2 Å². The number of methoxy groups -OCH3 is 2. The molecule has 0 fully saturated rings. The van der Waals surface area contributed by atoms with Gasteiger partial charge in [-0.25, -0.2) is 13.8 Å². The van der Waals surface area contributed by atoms with Crippen molar-refractivity contribution in [1.29, 1.82) is 0 Å². The molecule has 0 spiro atoms. The molecule has 0 radical (unpaired) electrons. The molecule has 17 heavy (non-hydrogen) atoms. The fraction of sp³-hybridized carbons (Fsp3) is 0.333. The smallest absolute Gasteiger partial charge is 0.348 e. The zero-order valence-electron chi connectivity index (χ0n) is 9.30. The van der Waals surface area contributed by atoms with Gasteiger partial charge in [-0.15, -0.1) is 11.3 Å². The summed E-state index contributed by atoms with van der Waals surface area (Å²) in [5, 5.41) is 0. The second-order valence-corrected chi connectivity index (χ2v) is 5.14. The van der Waals surface area contributed by atoms with E-state index in [1.54, 1.807) is 0 Å². The van der Waals surface area contributed by atoms with E-state index in [0.29, 0.717) is 0 Å². The first-order valence-electron chi connectivity index (χ1n) is 4.34. The van der Waals surface area contributed by atoms with Gasteiger partial charge >= 0.3 is 11.9 Å². The third kappa shape index (κ3) is 2.54. The molecular formula is C9H10O6S2. The Balaban J connectivity index is 3.46. The van der Waals surface area contributed by atoms with Crippen LogP contribution in [-0.4, -0.2) is 34.9 Å². The van der Waals surface area contributed by atoms with Crippen LogP contribution in [0.3, 0.4) is 0 Å². The molecule has 0 amide bonds. The lowest BCUT2D eigenvalue weighted by atomic mass is 10.2. The fourth-order valence-corrected chi connectivity index (χ4v) is 3.13. The average Bonchev–Trinajstić information content (AvgIpc) is 2.65. The molecule has 6 nitrogen and oxygen atoms in total. The van der Waals surface area contributed by atoms with E-state index in [2.05, 4.69) is 9.47 Å². The number of hydrogen-bond donors (Lipinski definition) is 1. The Labute approximate surface area is 104 Å². The van der Waals surface area contributed by atoms with E-state index >= 15 is 0 Å². The summed E-state index contributed by atoms with van der Waals surface area (Å²) in [5.74, 6) is -1.42. The maximum absolute atomic E-state index is 11.5. The number of carbonyl (C=O) groups excluding carboxylic acids is 2. The predicted octanol–water partition coefficient (Wildman–Crippen LogP) is 1.21. The molecule has 94 valence electrons. The van der Waals surface area contributed by atoms with Crippen LogP contribution in [0, 0.1) is 6.92 Å². The van der Waals surface area contributed by atoms with Gasteiger partial charge in [0.05, 0.1) is 19.8 Å². The minimum absolute atomic E-state index is 0.0567. The predicted molar refractivity (Wildman–Crippen MR) is 60.8 cm³/mol. The van der Waals surface area contributed by atoms with Crippen LogP contribution in [-0.2, 0) is 20.6 Å². The normalized spacial score (nSPS) is 12.0. The highest BCUT2D eigenvalue weighted by Crippen LogP contribution is 2.31. The van der Waals surface area contributed by atoms with Crippen LogP contribution in [0.25, 0.3) is 0 Å². The molecule has 0 bridgehead atoms. The molecule has 1 heterocycles. The Hall–Kier alpha value is -1.25. The number of carbonyl (C=O) groups is 2. The summed E-state index contributed by atoms with van der Waals surface area (Å²) >= 11 is -1.62. The van der Waals surface area contributed by atoms with Gasteiger partial charge in [-0.1, -0.05) is 0 Å². The van der Waals surface area contributed by atoms with E-state index in [1.165, 1.54) is 14.0 Å². The van der Waals surface area contributed by atoms with Crippen LogP contribution in [0.4, 0.5) is 0 Å². The molecule has 1 rings (SSSR count). The molecule has 0 aliphatic rings. The lowest BCUT2D eigenvalue weighted by Gasteiger charge is -2.00. The van der Waals surface area contributed by atoms with Crippen molar-refractivity contribution in [3.05, 3.63) is 16.0 Å². The van der Waals surface area contributed by atoms with Crippen molar-refractivity contribution < 1.29 is 27.8 Å². The molecule has 0 saturated carbocycles. The minimum Gasteiger partial charge on any atom is -0.465 e. The first kappa shape index (κ1) is 13.8. The molecule has 0 aliphatic heterocycles. The van der Waals surface area contributed by atoms with Gasteiger partial charge < -0.3 is 14.0 Å². The molecule has 1 atom stereocenters. The van der Waals surface area contributed by atoms with Crippen LogP contribution in [0.15, 0.2) is 4.21 Å². The van der Waals surface area contributed by atoms with E-state index < -0.39 is 23.0 Å². The SMILES string of the molecule is COC(=O)c1sc(S(=O)O)c(C(=O)OC)c1C. The highest BCUT2D eigenvalue weighted by molar-refractivity contribution is 7.82. The molecule has 1 aromatic rings. The maximum Gasteiger partial charge on any atom is 0.348 e. The first-order chi connectivity index (χ1) is 7.93. The Kier molecular flexibility index (Phi) is 4.38. The third-order valence-electron chi connectivity index (χ3n) is 2.03. The Bertz CT molecular complexity index is 490. The van der Waals surface area contributed by atoms with Gasteiger partial charge in [0.15, 0.2) is 11.1 Å². The largest absolute Gasteiger partial charge is 0.465 e. The second kappa shape index (κ2) is 5.39. The number of ether oxygens (including phenoxy) is 2. The molecular weight excluding hydrogens is 268 g/mol. The quantitative estimate of drug-likeness (QED) is 0.660.